The van der Waals surface area contributed by atoms with Gasteiger partial charge < -0.3 is 5.11 Å². The molecule has 0 amide bonds. The molecule has 0 spiro atoms. The fourth-order valence-corrected chi connectivity index (χ4v) is 2.00. The van der Waals surface area contributed by atoms with Gasteiger partial charge in [0.1, 0.15) is 5.01 Å². The van der Waals surface area contributed by atoms with Gasteiger partial charge in [-0.2, -0.15) is 5.10 Å². The van der Waals surface area contributed by atoms with Gasteiger partial charge in [-0.1, -0.05) is 6.92 Å². The quantitative estimate of drug-likeness (QED) is 0.831. The average Bonchev–Trinajstić information content (AvgIpc) is 2.86. The van der Waals surface area contributed by atoms with E-state index in [0.717, 1.165) is 17.1 Å². The van der Waals surface area contributed by atoms with Crippen molar-refractivity contribution in [2.24, 2.45) is 0 Å². The number of hydrogen-bond donors (Lipinski definition) is 2. The summed E-state index contributed by atoms with van der Waals surface area (Å²) in [7, 11) is 0. The number of nitrogens with one attached hydrogen (secondary N) is 1. The molecule has 2 N–H and O–H groups in total. The Hall–Kier alpha value is -1.69. The fourth-order valence-electron chi connectivity index (χ4n) is 1.13. The molecule has 0 fully saturated rings. The maximum Gasteiger partial charge on any atom is 0.356 e. The number of aromatic amines is 1. The van der Waals surface area contributed by atoms with Crippen LogP contribution in [0.25, 0.3) is 10.7 Å². The second-order valence-corrected chi connectivity index (χ2v) is 3.83. The van der Waals surface area contributed by atoms with Crippen LogP contribution in [-0.2, 0) is 6.42 Å². The summed E-state index contributed by atoms with van der Waals surface area (Å²) >= 11 is 1.48. The van der Waals surface area contributed by atoms with E-state index in [1.807, 2.05) is 12.3 Å². The molecule has 2 rings (SSSR count). The summed E-state index contributed by atoms with van der Waals surface area (Å²) in [5.74, 6) is -1.04. The standard InChI is InChI=1S/C9H9N3O2S/c1-2-5-4-15-8(10-5)6-3-7(9(13)14)12-11-6/h3-4H,2H2,1H3,(H,11,12)(H,13,14). The van der Waals surface area contributed by atoms with Crippen LogP contribution < -0.4 is 0 Å². The second kappa shape index (κ2) is 3.82. The highest BCUT2D eigenvalue weighted by molar-refractivity contribution is 7.13. The first-order chi connectivity index (χ1) is 7.20. The normalized spacial score (nSPS) is 10.5. The van der Waals surface area contributed by atoms with Crippen LogP contribution in [0.3, 0.4) is 0 Å². The Labute approximate surface area is 89.8 Å². The van der Waals surface area contributed by atoms with Crippen LogP contribution in [0.4, 0.5) is 0 Å². The largest absolute Gasteiger partial charge is 0.476 e. The number of aryl methyl sites for hydroxylation is 1. The number of aromatic nitrogens is 3. The first-order valence-electron chi connectivity index (χ1n) is 4.44. The van der Waals surface area contributed by atoms with Gasteiger partial charge in [-0.05, 0) is 6.42 Å². The van der Waals surface area contributed by atoms with Crippen LogP contribution in [0.2, 0.25) is 0 Å². The third-order valence-corrected chi connectivity index (χ3v) is 2.87. The van der Waals surface area contributed by atoms with Gasteiger partial charge in [-0.3, -0.25) is 5.10 Å². The zero-order valence-corrected chi connectivity index (χ0v) is 8.84. The first-order valence-corrected chi connectivity index (χ1v) is 5.32. The van der Waals surface area contributed by atoms with Crippen molar-refractivity contribution in [1.29, 1.82) is 0 Å². The number of aromatic carboxylic acids is 1. The minimum absolute atomic E-state index is 0.0123. The topological polar surface area (TPSA) is 78.9 Å². The zero-order chi connectivity index (χ0) is 10.8. The lowest BCUT2D eigenvalue weighted by Gasteiger charge is -1.86. The minimum atomic E-state index is -1.04. The summed E-state index contributed by atoms with van der Waals surface area (Å²) in [5.41, 5.74) is 1.66. The molecule has 0 atom stereocenters. The molecule has 0 radical (unpaired) electrons. The van der Waals surface area contributed by atoms with Crippen molar-refractivity contribution in [3.05, 3.63) is 22.8 Å². The summed E-state index contributed by atoms with van der Waals surface area (Å²) in [6, 6.07) is 1.49. The predicted octanol–water partition coefficient (Wildman–Crippen LogP) is 1.79. The fraction of sp³-hybridized carbons (Fsp3) is 0.222. The Bertz CT molecular complexity index is 489. The molecule has 6 heteroatoms. The third kappa shape index (κ3) is 1.89. The van der Waals surface area contributed by atoms with Gasteiger partial charge in [0.25, 0.3) is 0 Å². The summed E-state index contributed by atoms with van der Waals surface area (Å²) in [5, 5.41) is 17.7. The summed E-state index contributed by atoms with van der Waals surface area (Å²) in [6.07, 6.45) is 0.871. The van der Waals surface area contributed by atoms with E-state index < -0.39 is 5.97 Å². The second-order valence-electron chi connectivity index (χ2n) is 2.97. The molecule has 2 heterocycles. The summed E-state index contributed by atoms with van der Waals surface area (Å²) in [6.45, 7) is 2.02. The van der Waals surface area contributed by atoms with Gasteiger partial charge in [-0.25, -0.2) is 9.78 Å². The van der Waals surface area contributed by atoms with E-state index in [2.05, 4.69) is 15.2 Å². The third-order valence-electron chi connectivity index (χ3n) is 1.94. The number of nitrogens with zero attached hydrogens (tertiary/aromatic N) is 2. The number of rotatable bonds is 3. The monoisotopic (exact) mass is 223 g/mol. The van der Waals surface area contributed by atoms with Gasteiger partial charge in [0.05, 0.1) is 11.4 Å². The average molecular weight is 223 g/mol. The van der Waals surface area contributed by atoms with Gasteiger partial charge in [0, 0.05) is 11.4 Å². The molecule has 0 aromatic carbocycles. The Kier molecular flexibility index (Phi) is 2.51. The van der Waals surface area contributed by atoms with Crippen LogP contribution in [0.15, 0.2) is 11.4 Å². The van der Waals surface area contributed by atoms with Crippen molar-refractivity contribution in [2.75, 3.05) is 0 Å². The van der Waals surface area contributed by atoms with Crippen molar-refractivity contribution in [2.45, 2.75) is 13.3 Å². The van der Waals surface area contributed by atoms with E-state index in [-0.39, 0.29) is 5.69 Å². The van der Waals surface area contributed by atoms with E-state index in [1.165, 1.54) is 17.4 Å². The smallest absolute Gasteiger partial charge is 0.356 e. The van der Waals surface area contributed by atoms with E-state index in [1.54, 1.807) is 0 Å². The number of hydrogen-bond acceptors (Lipinski definition) is 4. The highest BCUT2D eigenvalue weighted by atomic mass is 32.1. The molecule has 0 aliphatic rings. The Morgan fingerprint density at radius 1 is 1.67 bits per heavy atom. The van der Waals surface area contributed by atoms with Crippen LogP contribution in [0.5, 0.6) is 0 Å². The van der Waals surface area contributed by atoms with Crippen molar-refractivity contribution in [3.63, 3.8) is 0 Å². The number of thiazole rings is 1. The highest BCUT2D eigenvalue weighted by Gasteiger charge is 2.11. The number of carboxylic acids is 1. The van der Waals surface area contributed by atoms with Crippen molar-refractivity contribution < 1.29 is 9.90 Å². The van der Waals surface area contributed by atoms with Crippen molar-refractivity contribution >= 4 is 17.3 Å². The molecule has 0 saturated carbocycles. The van der Waals surface area contributed by atoms with Crippen LogP contribution in [0, 0.1) is 0 Å². The Morgan fingerprint density at radius 2 is 2.47 bits per heavy atom. The molecule has 0 bridgehead atoms. The molecule has 2 aromatic heterocycles. The SMILES string of the molecule is CCc1csc(-c2cc(C(=O)O)n[nH]2)n1. The summed E-state index contributed by atoms with van der Waals surface area (Å²) < 4.78 is 0. The molecule has 0 unspecified atom stereocenters. The van der Waals surface area contributed by atoms with E-state index in [0.29, 0.717) is 5.69 Å². The number of carbonyl (C=O) groups is 1. The van der Waals surface area contributed by atoms with Gasteiger partial charge in [0.15, 0.2) is 5.69 Å². The van der Waals surface area contributed by atoms with Crippen LogP contribution >= 0.6 is 11.3 Å². The summed E-state index contributed by atoms with van der Waals surface area (Å²) in [4.78, 5) is 14.9. The lowest BCUT2D eigenvalue weighted by molar-refractivity contribution is 0.0690. The van der Waals surface area contributed by atoms with Crippen LogP contribution in [0.1, 0.15) is 23.1 Å². The lowest BCUT2D eigenvalue weighted by atomic mass is 10.3. The first kappa shape index (κ1) is 9.85. The van der Waals surface area contributed by atoms with Crippen LogP contribution in [-0.4, -0.2) is 26.3 Å². The molecule has 78 valence electrons. The minimum Gasteiger partial charge on any atom is -0.476 e. The number of H-pyrrole nitrogens is 1. The zero-order valence-electron chi connectivity index (χ0n) is 8.02. The van der Waals surface area contributed by atoms with Gasteiger partial charge >= 0.3 is 5.97 Å². The maximum atomic E-state index is 10.6. The molecule has 15 heavy (non-hydrogen) atoms. The Morgan fingerprint density at radius 3 is 3.00 bits per heavy atom. The molecule has 5 nitrogen and oxygen atoms in total. The van der Waals surface area contributed by atoms with E-state index in [9.17, 15) is 4.79 Å². The molecule has 0 saturated heterocycles. The molecule has 0 aliphatic carbocycles. The van der Waals surface area contributed by atoms with Crippen molar-refractivity contribution in [1.82, 2.24) is 15.2 Å². The maximum absolute atomic E-state index is 10.6. The van der Waals surface area contributed by atoms with Gasteiger partial charge in [-0.15, -0.1) is 11.3 Å². The van der Waals surface area contributed by atoms with E-state index in [4.69, 9.17) is 5.11 Å². The number of carboxylic acid groups (broad SMARTS) is 1. The molecule has 0 aliphatic heterocycles. The van der Waals surface area contributed by atoms with Crippen molar-refractivity contribution in [3.8, 4) is 10.7 Å². The molecular weight excluding hydrogens is 214 g/mol. The lowest BCUT2D eigenvalue weighted by Crippen LogP contribution is -1.95. The van der Waals surface area contributed by atoms with Gasteiger partial charge in [0.2, 0.25) is 0 Å². The predicted molar refractivity (Wildman–Crippen MR) is 56.0 cm³/mol. The van der Waals surface area contributed by atoms with E-state index >= 15 is 0 Å². The molecular formula is C9H9N3O2S. The highest BCUT2D eigenvalue weighted by Crippen LogP contribution is 2.22. The Balaban J connectivity index is 2.32. The molecule has 2 aromatic rings.